The van der Waals surface area contributed by atoms with Gasteiger partial charge in [-0.1, -0.05) is 11.8 Å². The van der Waals surface area contributed by atoms with E-state index in [1.165, 1.54) is 11.8 Å². The second kappa shape index (κ2) is 8.49. The summed E-state index contributed by atoms with van der Waals surface area (Å²) in [6.07, 6.45) is 1.99. The van der Waals surface area contributed by atoms with E-state index in [0.717, 1.165) is 48.4 Å². The molecule has 2 aromatic heterocycles. The van der Waals surface area contributed by atoms with Gasteiger partial charge in [0.25, 0.3) is 5.91 Å². The molecule has 0 bridgehead atoms. The van der Waals surface area contributed by atoms with Crippen molar-refractivity contribution in [1.29, 1.82) is 0 Å². The monoisotopic (exact) mass is 361 g/mol. The van der Waals surface area contributed by atoms with Crippen molar-refractivity contribution in [1.82, 2.24) is 15.3 Å². The van der Waals surface area contributed by atoms with E-state index in [9.17, 15) is 4.79 Å². The Morgan fingerprint density at radius 2 is 1.96 bits per heavy atom. The molecular formula is C18H23N3O3S. The summed E-state index contributed by atoms with van der Waals surface area (Å²) in [4.78, 5) is 21.0. The molecule has 0 atom stereocenters. The van der Waals surface area contributed by atoms with E-state index < -0.39 is 0 Å². The Kier molecular flexibility index (Phi) is 6.09. The molecule has 1 amide bonds. The lowest BCUT2D eigenvalue weighted by Crippen LogP contribution is -2.31. The van der Waals surface area contributed by atoms with Crippen LogP contribution in [0.1, 0.15) is 40.5 Å². The molecule has 1 aliphatic rings. The summed E-state index contributed by atoms with van der Waals surface area (Å²) in [5, 5.41) is 3.67. The number of amides is 1. The normalized spacial score (nSPS) is 15.3. The first-order valence-corrected chi connectivity index (χ1v) is 9.48. The number of ether oxygens (including phenoxy) is 1. The molecule has 0 aromatic carbocycles. The number of carbonyl (C=O) groups excluding carboxylic acids is 1. The number of hydrogen-bond acceptors (Lipinski definition) is 6. The van der Waals surface area contributed by atoms with Gasteiger partial charge in [-0.2, -0.15) is 0 Å². The van der Waals surface area contributed by atoms with Crippen molar-refractivity contribution in [3.63, 3.8) is 0 Å². The summed E-state index contributed by atoms with van der Waals surface area (Å²) in [7, 11) is 0. The molecule has 3 heterocycles. The first kappa shape index (κ1) is 17.9. The fourth-order valence-electron chi connectivity index (χ4n) is 2.75. The number of thioether (sulfide) groups is 1. The van der Waals surface area contributed by atoms with Gasteiger partial charge in [0.05, 0.1) is 5.75 Å². The van der Waals surface area contributed by atoms with Gasteiger partial charge < -0.3 is 14.5 Å². The molecule has 1 saturated heterocycles. The zero-order valence-electron chi connectivity index (χ0n) is 14.6. The largest absolute Gasteiger partial charge is 0.455 e. The molecule has 0 unspecified atom stereocenters. The van der Waals surface area contributed by atoms with Gasteiger partial charge >= 0.3 is 0 Å². The highest BCUT2D eigenvalue weighted by Gasteiger charge is 2.17. The summed E-state index contributed by atoms with van der Waals surface area (Å²) < 4.78 is 11.0. The van der Waals surface area contributed by atoms with Gasteiger partial charge in [0, 0.05) is 31.1 Å². The highest BCUT2D eigenvalue weighted by molar-refractivity contribution is 7.98. The number of carbonyl (C=O) groups is 1. The summed E-state index contributed by atoms with van der Waals surface area (Å²) in [6, 6.07) is 5.49. The van der Waals surface area contributed by atoms with Crippen LogP contribution in [0.4, 0.5) is 0 Å². The van der Waals surface area contributed by atoms with Gasteiger partial charge in [-0.05, 0) is 50.8 Å². The van der Waals surface area contributed by atoms with Crippen LogP contribution in [0.25, 0.3) is 0 Å². The number of aromatic nitrogens is 2. The van der Waals surface area contributed by atoms with Gasteiger partial charge in [-0.25, -0.2) is 9.97 Å². The number of furan rings is 1. The van der Waals surface area contributed by atoms with Crippen LogP contribution in [0.5, 0.6) is 0 Å². The van der Waals surface area contributed by atoms with Crippen molar-refractivity contribution in [2.24, 2.45) is 5.92 Å². The van der Waals surface area contributed by atoms with E-state index in [1.807, 2.05) is 26.0 Å². The molecule has 25 heavy (non-hydrogen) atoms. The van der Waals surface area contributed by atoms with Gasteiger partial charge in [0.15, 0.2) is 10.9 Å². The molecule has 6 nitrogen and oxygen atoms in total. The van der Waals surface area contributed by atoms with Crippen LogP contribution in [0, 0.1) is 19.8 Å². The topological polar surface area (TPSA) is 77.2 Å². The molecule has 0 aliphatic carbocycles. The van der Waals surface area contributed by atoms with Crippen molar-refractivity contribution in [2.75, 3.05) is 19.8 Å². The minimum absolute atomic E-state index is 0.162. The van der Waals surface area contributed by atoms with Crippen LogP contribution in [0.3, 0.4) is 0 Å². The maximum absolute atomic E-state index is 12.2. The van der Waals surface area contributed by atoms with Crippen LogP contribution in [-0.2, 0) is 10.5 Å². The Balaban J connectivity index is 1.50. The molecule has 1 aliphatic heterocycles. The Hall–Kier alpha value is -1.86. The van der Waals surface area contributed by atoms with E-state index >= 15 is 0 Å². The molecule has 0 saturated carbocycles. The average Bonchev–Trinajstić information content (AvgIpc) is 3.07. The van der Waals surface area contributed by atoms with Gasteiger partial charge in [0.1, 0.15) is 5.76 Å². The second-order valence-electron chi connectivity index (χ2n) is 6.25. The van der Waals surface area contributed by atoms with Gasteiger partial charge in [-0.15, -0.1) is 0 Å². The first-order valence-electron chi connectivity index (χ1n) is 8.50. The zero-order valence-corrected chi connectivity index (χ0v) is 15.4. The van der Waals surface area contributed by atoms with E-state index in [1.54, 1.807) is 6.07 Å². The van der Waals surface area contributed by atoms with Crippen LogP contribution in [0.15, 0.2) is 27.8 Å². The molecule has 0 radical (unpaired) electrons. The van der Waals surface area contributed by atoms with E-state index in [2.05, 4.69) is 15.3 Å². The van der Waals surface area contributed by atoms with Crippen LogP contribution in [-0.4, -0.2) is 35.6 Å². The Morgan fingerprint density at radius 1 is 1.24 bits per heavy atom. The van der Waals surface area contributed by atoms with Crippen molar-refractivity contribution in [3.05, 3.63) is 41.1 Å². The summed E-state index contributed by atoms with van der Waals surface area (Å²) >= 11 is 1.50. The Labute approximate surface area is 151 Å². The molecule has 7 heteroatoms. The van der Waals surface area contributed by atoms with Gasteiger partial charge in [0.2, 0.25) is 0 Å². The number of nitrogens with zero attached hydrogens (tertiary/aromatic N) is 2. The molecule has 0 spiro atoms. The summed E-state index contributed by atoms with van der Waals surface area (Å²) in [6.45, 7) is 6.13. The van der Waals surface area contributed by atoms with Crippen LogP contribution in [0.2, 0.25) is 0 Å². The van der Waals surface area contributed by atoms with E-state index in [0.29, 0.717) is 24.0 Å². The molecule has 1 fully saturated rings. The molecule has 1 N–H and O–H groups in total. The van der Waals surface area contributed by atoms with Crippen molar-refractivity contribution in [3.8, 4) is 0 Å². The predicted octanol–water partition coefficient (Wildman–Crippen LogP) is 3.14. The fourth-order valence-corrected chi connectivity index (χ4v) is 3.59. The first-order chi connectivity index (χ1) is 12.1. The van der Waals surface area contributed by atoms with Crippen molar-refractivity contribution >= 4 is 17.7 Å². The second-order valence-corrected chi connectivity index (χ2v) is 7.20. The summed E-state index contributed by atoms with van der Waals surface area (Å²) in [5.41, 5.74) is 1.89. The molecule has 2 aromatic rings. The number of rotatable bonds is 6. The number of nitrogens with one attached hydrogen (secondary N) is 1. The number of aryl methyl sites for hydroxylation is 2. The standard InChI is InChI=1S/C18H23N3O3S/c1-12-9-13(2)21-18(20-12)25-11-15-3-4-16(24-15)17(22)19-10-14-5-7-23-8-6-14/h3-4,9,14H,5-8,10-11H2,1-2H3,(H,19,22). The Morgan fingerprint density at radius 3 is 2.68 bits per heavy atom. The lowest BCUT2D eigenvalue weighted by atomic mass is 10.0. The quantitative estimate of drug-likeness (QED) is 0.629. The third-order valence-corrected chi connectivity index (χ3v) is 4.95. The molecular weight excluding hydrogens is 338 g/mol. The highest BCUT2D eigenvalue weighted by Crippen LogP contribution is 2.21. The SMILES string of the molecule is Cc1cc(C)nc(SCc2ccc(C(=O)NCC3CCOCC3)o2)n1. The van der Waals surface area contributed by atoms with Crippen molar-refractivity contribution < 1.29 is 13.9 Å². The molecule has 3 rings (SSSR count). The fraction of sp³-hybridized carbons (Fsp3) is 0.500. The predicted molar refractivity (Wildman–Crippen MR) is 95.7 cm³/mol. The van der Waals surface area contributed by atoms with Gasteiger partial charge in [-0.3, -0.25) is 4.79 Å². The minimum Gasteiger partial charge on any atom is -0.455 e. The van der Waals surface area contributed by atoms with Crippen LogP contribution < -0.4 is 5.32 Å². The number of hydrogen-bond donors (Lipinski definition) is 1. The third-order valence-electron chi connectivity index (χ3n) is 4.08. The third kappa shape index (κ3) is 5.31. The van der Waals surface area contributed by atoms with E-state index in [4.69, 9.17) is 9.15 Å². The lowest BCUT2D eigenvalue weighted by Gasteiger charge is -2.21. The Bertz CT molecular complexity index is 706. The lowest BCUT2D eigenvalue weighted by molar-refractivity contribution is 0.0638. The highest BCUT2D eigenvalue weighted by atomic mass is 32.2. The zero-order chi connectivity index (χ0) is 17.6. The average molecular weight is 361 g/mol. The maximum atomic E-state index is 12.2. The smallest absolute Gasteiger partial charge is 0.287 e. The summed E-state index contributed by atoms with van der Waals surface area (Å²) in [5.74, 6) is 2.01. The minimum atomic E-state index is -0.162. The molecule has 134 valence electrons. The van der Waals surface area contributed by atoms with E-state index in [-0.39, 0.29) is 5.91 Å². The van der Waals surface area contributed by atoms with Crippen LogP contribution >= 0.6 is 11.8 Å². The maximum Gasteiger partial charge on any atom is 0.287 e. The van der Waals surface area contributed by atoms with Crippen molar-refractivity contribution in [2.45, 2.75) is 37.6 Å².